The van der Waals surface area contributed by atoms with Crippen LogP contribution in [0.5, 0.6) is 5.75 Å². The largest absolute Gasteiger partial charge is 0.508 e. The molecule has 0 aliphatic heterocycles. The molecule has 0 fully saturated rings. The molecule has 1 unspecified atom stereocenters. The van der Waals surface area contributed by atoms with Gasteiger partial charge in [0.1, 0.15) is 11.8 Å². The Labute approximate surface area is 106 Å². The summed E-state index contributed by atoms with van der Waals surface area (Å²) in [5, 5.41) is 9.13. The maximum absolute atomic E-state index is 11.5. The first kappa shape index (κ1) is 14.5. The summed E-state index contributed by atoms with van der Waals surface area (Å²) in [6.45, 7) is 4.24. The van der Waals surface area contributed by atoms with E-state index in [0.717, 1.165) is 5.56 Å². The lowest BCUT2D eigenvalue weighted by atomic mass is 10.1. The Morgan fingerprint density at radius 3 is 2.50 bits per heavy atom. The van der Waals surface area contributed by atoms with Crippen molar-refractivity contribution >= 4 is 5.97 Å². The number of carbonyl (C=O) groups is 1. The minimum absolute atomic E-state index is 0.176. The molecule has 100 valence electrons. The first-order valence-corrected chi connectivity index (χ1v) is 5.86. The summed E-state index contributed by atoms with van der Waals surface area (Å²) in [4.78, 5) is 20.8. The van der Waals surface area contributed by atoms with Gasteiger partial charge in [-0.15, -0.1) is 0 Å². The number of hydrogen-bond donors (Lipinski definition) is 2. The summed E-state index contributed by atoms with van der Waals surface area (Å²) in [5.41, 5.74) is 6.54. The summed E-state index contributed by atoms with van der Waals surface area (Å²) in [6, 6.07) is 5.72. The SMILES string of the molecule is CC(C)COOC(=O)C(N)Cc1ccc(O)cc1. The van der Waals surface area contributed by atoms with Gasteiger partial charge in [0.05, 0.1) is 6.61 Å². The Balaban J connectivity index is 2.37. The molecule has 0 amide bonds. The standard InChI is InChI=1S/C13H19NO4/c1-9(2)8-17-18-13(16)12(14)7-10-3-5-11(15)6-4-10/h3-6,9,12,15H,7-8,14H2,1-2H3. The molecule has 0 bridgehead atoms. The van der Waals surface area contributed by atoms with Crippen molar-refractivity contribution in [3.8, 4) is 5.75 Å². The number of carbonyl (C=O) groups excluding carboxylic acids is 1. The van der Waals surface area contributed by atoms with Crippen molar-refractivity contribution in [3.05, 3.63) is 29.8 Å². The first-order valence-electron chi connectivity index (χ1n) is 5.86. The number of benzene rings is 1. The van der Waals surface area contributed by atoms with Crippen LogP contribution in [0.25, 0.3) is 0 Å². The van der Waals surface area contributed by atoms with Crippen molar-refractivity contribution < 1.29 is 19.7 Å². The van der Waals surface area contributed by atoms with E-state index in [2.05, 4.69) is 4.89 Å². The van der Waals surface area contributed by atoms with Crippen LogP contribution in [0.1, 0.15) is 19.4 Å². The second-order valence-electron chi connectivity index (χ2n) is 4.56. The summed E-state index contributed by atoms with van der Waals surface area (Å²) in [7, 11) is 0. The molecule has 0 radical (unpaired) electrons. The van der Waals surface area contributed by atoms with Gasteiger partial charge in [-0.1, -0.05) is 26.0 Å². The Morgan fingerprint density at radius 1 is 1.33 bits per heavy atom. The van der Waals surface area contributed by atoms with E-state index in [9.17, 15) is 4.79 Å². The molecule has 0 saturated carbocycles. The van der Waals surface area contributed by atoms with Gasteiger partial charge in [-0.2, -0.15) is 4.89 Å². The number of phenols is 1. The Morgan fingerprint density at radius 2 is 1.94 bits per heavy atom. The average molecular weight is 253 g/mol. The van der Waals surface area contributed by atoms with E-state index in [1.54, 1.807) is 24.3 Å². The Hall–Kier alpha value is -1.59. The fraction of sp³-hybridized carbons (Fsp3) is 0.462. The number of nitrogens with two attached hydrogens (primary N) is 1. The molecular formula is C13H19NO4. The summed E-state index contributed by atoms with van der Waals surface area (Å²) >= 11 is 0. The molecule has 5 heteroatoms. The van der Waals surface area contributed by atoms with Crippen LogP contribution < -0.4 is 5.73 Å². The van der Waals surface area contributed by atoms with Crippen LogP contribution in [0.3, 0.4) is 0 Å². The number of aromatic hydroxyl groups is 1. The van der Waals surface area contributed by atoms with E-state index >= 15 is 0 Å². The molecule has 0 aromatic heterocycles. The minimum atomic E-state index is -0.776. The van der Waals surface area contributed by atoms with Crippen LogP contribution in [0.15, 0.2) is 24.3 Å². The third-order valence-corrected chi connectivity index (χ3v) is 2.24. The topological polar surface area (TPSA) is 81.8 Å². The third kappa shape index (κ3) is 5.16. The molecule has 1 aromatic carbocycles. The van der Waals surface area contributed by atoms with Crippen LogP contribution in [0.2, 0.25) is 0 Å². The maximum Gasteiger partial charge on any atom is 0.359 e. The van der Waals surface area contributed by atoms with E-state index in [1.807, 2.05) is 13.8 Å². The van der Waals surface area contributed by atoms with E-state index in [4.69, 9.17) is 15.7 Å². The van der Waals surface area contributed by atoms with Gasteiger partial charge in [0.25, 0.3) is 0 Å². The van der Waals surface area contributed by atoms with E-state index in [0.29, 0.717) is 13.0 Å². The van der Waals surface area contributed by atoms with Gasteiger partial charge in [-0.3, -0.25) is 4.89 Å². The summed E-state index contributed by atoms with van der Waals surface area (Å²) < 4.78 is 0. The molecule has 1 rings (SSSR count). The summed E-state index contributed by atoms with van der Waals surface area (Å²) in [5.74, 6) is -0.134. The van der Waals surface area contributed by atoms with Gasteiger partial charge in [-0.25, -0.2) is 4.79 Å². The normalized spacial score (nSPS) is 12.4. The van der Waals surface area contributed by atoms with Gasteiger partial charge in [0.15, 0.2) is 0 Å². The van der Waals surface area contributed by atoms with Crippen molar-refractivity contribution in [1.29, 1.82) is 0 Å². The highest BCUT2D eigenvalue weighted by molar-refractivity contribution is 5.75. The molecule has 1 atom stereocenters. The lowest BCUT2D eigenvalue weighted by molar-refractivity contribution is -0.277. The molecule has 0 aliphatic carbocycles. The predicted octanol–water partition coefficient (Wildman–Crippen LogP) is 1.39. The van der Waals surface area contributed by atoms with E-state index in [1.165, 1.54) is 0 Å². The van der Waals surface area contributed by atoms with Crippen LogP contribution in [-0.2, 0) is 21.0 Å². The van der Waals surface area contributed by atoms with Crippen molar-refractivity contribution in [2.45, 2.75) is 26.3 Å². The van der Waals surface area contributed by atoms with Crippen LogP contribution in [0.4, 0.5) is 0 Å². The summed E-state index contributed by atoms with van der Waals surface area (Å²) in [6.07, 6.45) is 0.337. The van der Waals surface area contributed by atoms with E-state index in [-0.39, 0.29) is 11.7 Å². The average Bonchev–Trinajstić information content (AvgIpc) is 2.31. The number of hydrogen-bond acceptors (Lipinski definition) is 5. The van der Waals surface area contributed by atoms with Crippen molar-refractivity contribution in [3.63, 3.8) is 0 Å². The van der Waals surface area contributed by atoms with Crippen molar-refractivity contribution in [2.75, 3.05) is 6.61 Å². The van der Waals surface area contributed by atoms with E-state index < -0.39 is 12.0 Å². The molecule has 0 spiro atoms. The zero-order chi connectivity index (χ0) is 13.5. The smallest absolute Gasteiger partial charge is 0.359 e. The highest BCUT2D eigenvalue weighted by Gasteiger charge is 2.17. The van der Waals surface area contributed by atoms with Crippen molar-refractivity contribution in [2.24, 2.45) is 11.7 Å². The van der Waals surface area contributed by atoms with Crippen molar-refractivity contribution in [1.82, 2.24) is 0 Å². The fourth-order valence-electron chi connectivity index (χ4n) is 1.26. The molecular weight excluding hydrogens is 234 g/mol. The van der Waals surface area contributed by atoms with Crippen LogP contribution in [0, 0.1) is 5.92 Å². The predicted molar refractivity (Wildman–Crippen MR) is 66.7 cm³/mol. The van der Waals surface area contributed by atoms with Crippen LogP contribution in [-0.4, -0.2) is 23.7 Å². The number of phenolic OH excluding ortho intramolecular Hbond substituents is 1. The molecule has 1 aromatic rings. The van der Waals surface area contributed by atoms with Gasteiger partial charge in [0, 0.05) is 0 Å². The molecule has 0 saturated heterocycles. The van der Waals surface area contributed by atoms with Gasteiger partial charge >= 0.3 is 5.97 Å². The third-order valence-electron chi connectivity index (χ3n) is 2.24. The number of rotatable bonds is 6. The fourth-order valence-corrected chi connectivity index (χ4v) is 1.26. The lowest BCUT2D eigenvalue weighted by Gasteiger charge is -2.11. The highest BCUT2D eigenvalue weighted by atomic mass is 17.2. The quantitative estimate of drug-likeness (QED) is 0.591. The first-order chi connectivity index (χ1) is 8.49. The van der Waals surface area contributed by atoms with Gasteiger partial charge in [-0.05, 0) is 30.0 Å². The molecule has 0 aliphatic rings. The Bertz CT molecular complexity index is 375. The zero-order valence-electron chi connectivity index (χ0n) is 10.6. The maximum atomic E-state index is 11.5. The van der Waals surface area contributed by atoms with Gasteiger partial charge < -0.3 is 10.8 Å². The second-order valence-corrected chi connectivity index (χ2v) is 4.56. The minimum Gasteiger partial charge on any atom is -0.508 e. The Kier molecular flexibility index (Phi) is 5.61. The van der Waals surface area contributed by atoms with Gasteiger partial charge in [0.2, 0.25) is 0 Å². The second kappa shape index (κ2) is 6.98. The highest BCUT2D eigenvalue weighted by Crippen LogP contribution is 2.11. The monoisotopic (exact) mass is 253 g/mol. The van der Waals surface area contributed by atoms with Crippen LogP contribution >= 0.6 is 0 Å². The lowest BCUT2D eigenvalue weighted by Crippen LogP contribution is -2.34. The molecule has 18 heavy (non-hydrogen) atoms. The molecule has 3 N–H and O–H groups in total. The molecule has 0 heterocycles. The zero-order valence-corrected chi connectivity index (χ0v) is 10.6. The molecule has 5 nitrogen and oxygen atoms in total.